The second-order valence-electron chi connectivity index (χ2n) is 19.0. The van der Waals surface area contributed by atoms with E-state index >= 15 is 0 Å². The first kappa shape index (κ1) is 59.2. The number of nitrogens with zero attached hydrogens (tertiary/aromatic N) is 1. The molecule has 0 aliphatic heterocycles. The molecule has 4 unspecified atom stereocenters. The van der Waals surface area contributed by atoms with Crippen LogP contribution < -0.4 is 10.2 Å². The maximum absolute atomic E-state index is 12.9. The zero-order valence-corrected chi connectivity index (χ0v) is 41.2. The second-order valence-corrected chi connectivity index (χ2v) is 20.4. The highest BCUT2D eigenvalue weighted by atomic mass is 31.2. The highest BCUT2D eigenvalue weighted by Gasteiger charge is 2.29. The van der Waals surface area contributed by atoms with Gasteiger partial charge in [0.1, 0.15) is 19.3 Å². The number of likely N-dealkylation sites (N-methyl/N-ethyl adjacent to an activating group) is 1. The third kappa shape index (κ3) is 42.5. The van der Waals surface area contributed by atoms with Crippen LogP contribution in [-0.2, 0) is 18.4 Å². The average molecular weight is 873 g/mol. The first-order chi connectivity index (χ1) is 28.9. The van der Waals surface area contributed by atoms with Gasteiger partial charge in [0.25, 0.3) is 7.82 Å². The SMILES string of the molecule is CCCCCCCCC/C=C/CCCC(O)C(O)C(COP(=O)([O-])OCC[N+](C)(C)C)NC(=O)CCCCCCCCCCCCCCCCCCCCCCCCCC. The van der Waals surface area contributed by atoms with Crippen LogP contribution in [0.15, 0.2) is 12.2 Å². The van der Waals surface area contributed by atoms with Crippen molar-refractivity contribution in [1.82, 2.24) is 5.32 Å². The van der Waals surface area contributed by atoms with Gasteiger partial charge < -0.3 is 34.0 Å². The van der Waals surface area contributed by atoms with Crippen LogP contribution in [0.25, 0.3) is 0 Å². The predicted octanol–water partition coefficient (Wildman–Crippen LogP) is 13.0. The van der Waals surface area contributed by atoms with Crippen LogP contribution in [0.5, 0.6) is 0 Å². The van der Waals surface area contributed by atoms with Gasteiger partial charge in [0.2, 0.25) is 5.91 Å². The monoisotopic (exact) mass is 873 g/mol. The third-order valence-electron chi connectivity index (χ3n) is 11.8. The van der Waals surface area contributed by atoms with Crippen molar-refractivity contribution in [3.05, 3.63) is 12.2 Å². The lowest BCUT2D eigenvalue weighted by Crippen LogP contribution is -2.51. The van der Waals surface area contributed by atoms with Crippen LogP contribution in [0, 0.1) is 0 Å². The van der Waals surface area contributed by atoms with Crippen molar-refractivity contribution in [2.75, 3.05) is 40.9 Å². The zero-order valence-electron chi connectivity index (χ0n) is 40.3. The molecule has 4 atom stereocenters. The van der Waals surface area contributed by atoms with E-state index in [1.807, 2.05) is 21.1 Å². The summed E-state index contributed by atoms with van der Waals surface area (Å²) in [6, 6.07) is -1.08. The van der Waals surface area contributed by atoms with E-state index in [1.165, 1.54) is 180 Å². The fourth-order valence-electron chi connectivity index (χ4n) is 7.73. The van der Waals surface area contributed by atoms with E-state index in [9.17, 15) is 24.5 Å². The number of unbranched alkanes of at least 4 members (excludes halogenated alkanes) is 31. The first-order valence-electron chi connectivity index (χ1n) is 25.6. The Morgan fingerprint density at radius 2 is 0.950 bits per heavy atom. The number of carbonyl (C=O) groups excluding carboxylic acids is 1. The molecule has 0 fully saturated rings. The van der Waals surface area contributed by atoms with Gasteiger partial charge in [-0.05, 0) is 38.5 Å². The molecule has 10 heteroatoms. The van der Waals surface area contributed by atoms with Crippen LogP contribution in [0.4, 0.5) is 0 Å². The van der Waals surface area contributed by atoms with Crippen molar-refractivity contribution >= 4 is 13.7 Å². The number of aliphatic hydroxyl groups excluding tert-OH is 2. The van der Waals surface area contributed by atoms with Crippen molar-refractivity contribution in [2.45, 2.75) is 263 Å². The third-order valence-corrected chi connectivity index (χ3v) is 12.8. The molecule has 0 saturated carbocycles. The summed E-state index contributed by atoms with van der Waals surface area (Å²) in [6.45, 7) is 4.43. The Kier molecular flexibility index (Phi) is 41.6. The normalized spacial score (nSPS) is 14.7. The number of carbonyl (C=O) groups is 1. The Morgan fingerprint density at radius 1 is 0.583 bits per heavy atom. The molecule has 9 nitrogen and oxygen atoms in total. The summed E-state index contributed by atoms with van der Waals surface area (Å²) in [5.41, 5.74) is 0. The van der Waals surface area contributed by atoms with Crippen molar-refractivity contribution < 1.29 is 38.0 Å². The van der Waals surface area contributed by atoms with Gasteiger partial charge in [-0.2, -0.15) is 0 Å². The quantitative estimate of drug-likeness (QED) is 0.0240. The molecule has 358 valence electrons. The maximum atomic E-state index is 12.9. The number of phosphoric acid groups is 1. The zero-order chi connectivity index (χ0) is 44.4. The van der Waals surface area contributed by atoms with Crippen LogP contribution >= 0.6 is 7.82 Å². The van der Waals surface area contributed by atoms with E-state index in [0.29, 0.717) is 23.9 Å². The van der Waals surface area contributed by atoms with Crippen LogP contribution in [-0.4, -0.2) is 79.8 Å². The molecular weight excluding hydrogens is 772 g/mol. The largest absolute Gasteiger partial charge is 0.756 e. The number of allylic oxidation sites excluding steroid dienone is 2. The van der Waals surface area contributed by atoms with Gasteiger partial charge in [-0.1, -0.05) is 212 Å². The molecule has 0 aromatic rings. The molecule has 3 N–H and O–H groups in total. The van der Waals surface area contributed by atoms with E-state index in [2.05, 4.69) is 31.3 Å². The Hall–Kier alpha value is -0.800. The minimum absolute atomic E-state index is 0.0431. The van der Waals surface area contributed by atoms with Gasteiger partial charge in [-0.3, -0.25) is 9.36 Å². The predicted molar refractivity (Wildman–Crippen MR) is 253 cm³/mol. The number of amides is 1. The summed E-state index contributed by atoms with van der Waals surface area (Å²) in [7, 11) is 1.12. The number of quaternary nitrogens is 1. The molecule has 0 heterocycles. The fourth-order valence-corrected chi connectivity index (χ4v) is 8.45. The minimum Gasteiger partial charge on any atom is -0.756 e. The summed E-state index contributed by atoms with van der Waals surface area (Å²) >= 11 is 0. The van der Waals surface area contributed by atoms with E-state index < -0.39 is 32.7 Å². The molecule has 0 aliphatic carbocycles. The highest BCUT2D eigenvalue weighted by Crippen LogP contribution is 2.38. The number of aliphatic hydroxyl groups is 2. The smallest absolute Gasteiger partial charge is 0.268 e. The van der Waals surface area contributed by atoms with Gasteiger partial charge in [0.05, 0.1) is 39.9 Å². The Bertz CT molecular complexity index is 1010. The number of hydrogen-bond acceptors (Lipinski definition) is 7. The van der Waals surface area contributed by atoms with Crippen LogP contribution in [0.2, 0.25) is 0 Å². The summed E-state index contributed by atoms with van der Waals surface area (Å²) in [6.07, 6.45) is 45.5. The Morgan fingerprint density at radius 3 is 1.35 bits per heavy atom. The lowest BCUT2D eigenvalue weighted by molar-refractivity contribution is -0.870. The number of hydrogen-bond donors (Lipinski definition) is 3. The summed E-state index contributed by atoms with van der Waals surface area (Å²) < 4.78 is 23.2. The van der Waals surface area contributed by atoms with Crippen LogP contribution in [0.1, 0.15) is 245 Å². The molecule has 1 amide bonds. The maximum Gasteiger partial charge on any atom is 0.268 e. The van der Waals surface area contributed by atoms with Crippen LogP contribution in [0.3, 0.4) is 0 Å². The van der Waals surface area contributed by atoms with Crippen molar-refractivity contribution in [1.29, 1.82) is 0 Å². The summed E-state index contributed by atoms with van der Waals surface area (Å²) in [5, 5.41) is 24.6. The summed E-state index contributed by atoms with van der Waals surface area (Å²) in [5.74, 6) is -0.284. The molecule has 0 aliphatic rings. The van der Waals surface area contributed by atoms with E-state index in [0.717, 1.165) is 32.1 Å². The van der Waals surface area contributed by atoms with E-state index in [4.69, 9.17) is 9.05 Å². The summed E-state index contributed by atoms with van der Waals surface area (Å²) in [4.78, 5) is 25.4. The molecule has 0 aromatic carbocycles. The lowest BCUT2D eigenvalue weighted by Gasteiger charge is -2.31. The van der Waals surface area contributed by atoms with Crippen molar-refractivity contribution in [2.24, 2.45) is 0 Å². The van der Waals surface area contributed by atoms with Crippen molar-refractivity contribution in [3.63, 3.8) is 0 Å². The number of phosphoric ester groups is 1. The van der Waals surface area contributed by atoms with Gasteiger partial charge >= 0.3 is 0 Å². The molecule has 0 rings (SSSR count). The van der Waals surface area contributed by atoms with Gasteiger partial charge in [0.15, 0.2) is 0 Å². The lowest BCUT2D eigenvalue weighted by atomic mass is 10.0. The molecule has 0 saturated heterocycles. The second kappa shape index (κ2) is 42.2. The molecule has 0 bridgehead atoms. The minimum atomic E-state index is -4.67. The molecule has 0 aromatic heterocycles. The number of rotatable bonds is 47. The standard InChI is InChI=1S/C50H101N2O7P/c1-6-8-10-12-14-16-18-20-21-22-23-24-25-26-27-28-29-30-31-33-35-37-39-41-43-49(54)51-47(46-59-60(56,57)58-45-44-52(3,4)5)50(55)48(53)42-40-38-36-34-32-19-17-15-13-11-9-7-2/h34,36,47-48,50,53,55H,6-33,35,37-46H2,1-5H3,(H-,51,54,56,57)/b36-34+. The Labute approximate surface area is 372 Å². The molecule has 60 heavy (non-hydrogen) atoms. The van der Waals surface area contributed by atoms with E-state index in [-0.39, 0.29) is 18.9 Å². The fraction of sp³-hybridized carbons (Fsp3) is 0.940. The highest BCUT2D eigenvalue weighted by molar-refractivity contribution is 7.45. The topological polar surface area (TPSA) is 128 Å². The first-order valence-corrected chi connectivity index (χ1v) is 27.1. The Balaban J connectivity index is 4.26. The number of nitrogens with one attached hydrogen (secondary N) is 1. The molecular formula is C50H101N2O7P. The molecule has 0 radical (unpaired) electrons. The van der Waals surface area contributed by atoms with Gasteiger partial charge in [-0.15, -0.1) is 0 Å². The van der Waals surface area contributed by atoms with E-state index in [1.54, 1.807) is 0 Å². The van der Waals surface area contributed by atoms with Gasteiger partial charge in [0, 0.05) is 6.42 Å². The van der Waals surface area contributed by atoms with Gasteiger partial charge in [-0.25, -0.2) is 0 Å². The van der Waals surface area contributed by atoms with Crippen molar-refractivity contribution in [3.8, 4) is 0 Å². The molecule has 0 spiro atoms. The average Bonchev–Trinajstić information content (AvgIpc) is 3.20.